The first-order valence-corrected chi connectivity index (χ1v) is 8.03. The smallest absolute Gasteiger partial charge is 0.270 e. The molecule has 7 nitrogen and oxygen atoms in total. The van der Waals surface area contributed by atoms with Gasteiger partial charge in [-0.15, -0.1) is 10.2 Å². The molecule has 128 valence electrons. The Morgan fingerprint density at radius 2 is 1.84 bits per heavy atom. The highest BCUT2D eigenvalue weighted by Crippen LogP contribution is 2.13. The maximum atomic E-state index is 12.4. The molecule has 0 saturated carbocycles. The van der Waals surface area contributed by atoms with E-state index in [-0.39, 0.29) is 11.9 Å². The predicted molar refractivity (Wildman–Crippen MR) is 95.8 cm³/mol. The molecule has 2 heterocycles. The van der Waals surface area contributed by atoms with Gasteiger partial charge in [0.05, 0.1) is 0 Å². The molecule has 0 spiro atoms. The van der Waals surface area contributed by atoms with Crippen LogP contribution >= 0.6 is 0 Å². The van der Waals surface area contributed by atoms with Crippen LogP contribution in [0.5, 0.6) is 0 Å². The number of para-hydroxylation sites is 1. The third kappa shape index (κ3) is 4.00. The second kappa shape index (κ2) is 7.57. The van der Waals surface area contributed by atoms with Gasteiger partial charge in [0.15, 0.2) is 0 Å². The van der Waals surface area contributed by atoms with Gasteiger partial charge in [-0.1, -0.05) is 24.3 Å². The van der Waals surface area contributed by atoms with Crippen LogP contribution in [0.15, 0.2) is 61.2 Å². The quantitative estimate of drug-likeness (QED) is 0.744. The molecule has 2 aromatic heterocycles. The monoisotopic (exact) mass is 336 g/mol. The highest BCUT2D eigenvalue weighted by atomic mass is 16.1. The third-order valence-corrected chi connectivity index (χ3v) is 4.03. The SMILES string of the molecule is C[C@H](CNC(=O)c1cccc(-n2cnnc2)n1)N(C)c1ccccc1. The van der Waals surface area contributed by atoms with E-state index in [2.05, 4.69) is 32.3 Å². The third-order valence-electron chi connectivity index (χ3n) is 4.03. The van der Waals surface area contributed by atoms with Crippen LogP contribution in [-0.2, 0) is 0 Å². The van der Waals surface area contributed by atoms with Crippen molar-refractivity contribution in [3.8, 4) is 5.82 Å². The Balaban J connectivity index is 1.62. The van der Waals surface area contributed by atoms with Crippen molar-refractivity contribution in [3.63, 3.8) is 0 Å². The van der Waals surface area contributed by atoms with Crippen molar-refractivity contribution in [2.75, 3.05) is 18.5 Å². The molecule has 0 saturated heterocycles. The van der Waals surface area contributed by atoms with Crippen LogP contribution in [0.1, 0.15) is 17.4 Å². The van der Waals surface area contributed by atoms with Crippen molar-refractivity contribution < 1.29 is 4.79 Å². The Bertz CT molecular complexity index is 819. The number of carbonyl (C=O) groups excluding carboxylic acids is 1. The molecule has 1 atom stereocenters. The van der Waals surface area contributed by atoms with Crippen molar-refractivity contribution in [1.29, 1.82) is 0 Å². The predicted octanol–water partition coefficient (Wildman–Crippen LogP) is 1.92. The number of carbonyl (C=O) groups is 1. The number of anilines is 1. The largest absolute Gasteiger partial charge is 0.370 e. The lowest BCUT2D eigenvalue weighted by Gasteiger charge is -2.27. The molecule has 1 amide bonds. The number of hydrogen-bond acceptors (Lipinski definition) is 5. The standard InChI is InChI=1S/C18H20N6O/c1-14(23(2)15-7-4-3-5-8-15)11-19-18(25)16-9-6-10-17(22-16)24-12-20-21-13-24/h3-10,12-14H,11H2,1-2H3,(H,19,25)/t14-/m1/s1. The molecule has 1 N–H and O–H groups in total. The van der Waals surface area contributed by atoms with Crippen LogP contribution in [0.4, 0.5) is 5.69 Å². The van der Waals surface area contributed by atoms with Gasteiger partial charge >= 0.3 is 0 Å². The van der Waals surface area contributed by atoms with Gasteiger partial charge < -0.3 is 10.2 Å². The second-order valence-electron chi connectivity index (χ2n) is 5.76. The van der Waals surface area contributed by atoms with E-state index < -0.39 is 0 Å². The van der Waals surface area contributed by atoms with E-state index in [0.29, 0.717) is 18.1 Å². The zero-order chi connectivity index (χ0) is 17.6. The van der Waals surface area contributed by atoms with Gasteiger partial charge in [0.25, 0.3) is 5.91 Å². The first-order chi connectivity index (χ1) is 12.1. The molecule has 3 aromatic rings. The molecule has 0 unspecified atom stereocenters. The summed E-state index contributed by atoms with van der Waals surface area (Å²) < 4.78 is 1.66. The van der Waals surface area contributed by atoms with Gasteiger partial charge in [-0.3, -0.25) is 9.36 Å². The van der Waals surface area contributed by atoms with Crippen LogP contribution in [0.3, 0.4) is 0 Å². The Hall–Kier alpha value is -3.22. The fourth-order valence-electron chi connectivity index (χ4n) is 2.40. The number of hydrogen-bond donors (Lipinski definition) is 1. The summed E-state index contributed by atoms with van der Waals surface area (Å²) in [4.78, 5) is 18.9. The van der Waals surface area contributed by atoms with Crippen molar-refractivity contribution in [1.82, 2.24) is 25.1 Å². The van der Waals surface area contributed by atoms with Crippen LogP contribution < -0.4 is 10.2 Å². The number of amides is 1. The molecular weight excluding hydrogens is 316 g/mol. The lowest BCUT2D eigenvalue weighted by Crippen LogP contribution is -2.40. The minimum absolute atomic E-state index is 0.146. The summed E-state index contributed by atoms with van der Waals surface area (Å²) in [6.45, 7) is 2.58. The average Bonchev–Trinajstić information content (AvgIpc) is 3.21. The Kier molecular flexibility index (Phi) is 5.03. The number of nitrogens with zero attached hydrogens (tertiary/aromatic N) is 5. The van der Waals surface area contributed by atoms with Gasteiger partial charge in [0.1, 0.15) is 24.2 Å². The number of benzene rings is 1. The molecule has 3 rings (SSSR count). The van der Waals surface area contributed by atoms with Crippen LogP contribution in [0.2, 0.25) is 0 Å². The van der Waals surface area contributed by atoms with E-state index >= 15 is 0 Å². The fourth-order valence-corrected chi connectivity index (χ4v) is 2.40. The van der Waals surface area contributed by atoms with E-state index in [0.717, 1.165) is 5.69 Å². The van der Waals surface area contributed by atoms with Gasteiger partial charge in [0, 0.05) is 25.3 Å². The maximum absolute atomic E-state index is 12.4. The molecule has 0 aliphatic carbocycles. The minimum atomic E-state index is -0.205. The molecule has 0 bridgehead atoms. The zero-order valence-electron chi connectivity index (χ0n) is 14.2. The topological polar surface area (TPSA) is 75.9 Å². The lowest BCUT2D eigenvalue weighted by atomic mass is 10.2. The first-order valence-electron chi connectivity index (χ1n) is 8.03. The van der Waals surface area contributed by atoms with Crippen molar-refractivity contribution in [2.45, 2.75) is 13.0 Å². The lowest BCUT2D eigenvalue weighted by molar-refractivity contribution is 0.0946. The number of nitrogens with one attached hydrogen (secondary N) is 1. The van der Waals surface area contributed by atoms with E-state index in [1.807, 2.05) is 37.4 Å². The number of likely N-dealkylation sites (N-methyl/N-ethyl adjacent to an activating group) is 1. The first kappa shape index (κ1) is 16.6. The molecular formula is C18H20N6O. The van der Waals surface area contributed by atoms with E-state index in [1.165, 1.54) is 0 Å². The molecule has 0 fully saturated rings. The average molecular weight is 336 g/mol. The minimum Gasteiger partial charge on any atom is -0.370 e. The second-order valence-corrected chi connectivity index (χ2v) is 5.76. The number of aromatic nitrogens is 4. The van der Waals surface area contributed by atoms with E-state index in [9.17, 15) is 4.79 Å². The summed E-state index contributed by atoms with van der Waals surface area (Å²) in [7, 11) is 2.01. The van der Waals surface area contributed by atoms with Crippen LogP contribution in [-0.4, -0.2) is 45.3 Å². The Morgan fingerprint density at radius 1 is 1.12 bits per heavy atom. The molecule has 1 aromatic carbocycles. The van der Waals surface area contributed by atoms with Gasteiger partial charge in [-0.2, -0.15) is 0 Å². The van der Waals surface area contributed by atoms with Crippen molar-refractivity contribution in [3.05, 3.63) is 66.9 Å². The summed E-state index contributed by atoms with van der Waals surface area (Å²) in [5, 5.41) is 10.4. The van der Waals surface area contributed by atoms with Gasteiger partial charge in [0.2, 0.25) is 0 Å². The summed E-state index contributed by atoms with van der Waals surface area (Å²) in [5.41, 5.74) is 1.47. The Morgan fingerprint density at radius 3 is 2.56 bits per heavy atom. The van der Waals surface area contributed by atoms with Crippen LogP contribution in [0.25, 0.3) is 5.82 Å². The van der Waals surface area contributed by atoms with Crippen molar-refractivity contribution >= 4 is 11.6 Å². The number of pyridine rings is 1. The fraction of sp³-hybridized carbons (Fsp3) is 0.222. The van der Waals surface area contributed by atoms with Gasteiger partial charge in [-0.25, -0.2) is 4.98 Å². The van der Waals surface area contributed by atoms with Gasteiger partial charge in [-0.05, 0) is 31.2 Å². The maximum Gasteiger partial charge on any atom is 0.270 e. The van der Waals surface area contributed by atoms with E-state index in [1.54, 1.807) is 35.4 Å². The van der Waals surface area contributed by atoms with E-state index in [4.69, 9.17) is 0 Å². The summed E-state index contributed by atoms with van der Waals surface area (Å²) in [6, 6.07) is 15.5. The van der Waals surface area contributed by atoms with Crippen LogP contribution in [0, 0.1) is 0 Å². The molecule has 0 radical (unpaired) electrons. The summed E-state index contributed by atoms with van der Waals surface area (Å²) in [5.74, 6) is 0.398. The molecule has 0 aliphatic rings. The molecule has 0 aliphatic heterocycles. The summed E-state index contributed by atoms with van der Waals surface area (Å²) in [6.07, 6.45) is 3.09. The van der Waals surface area contributed by atoms with Crippen molar-refractivity contribution in [2.24, 2.45) is 0 Å². The molecule has 25 heavy (non-hydrogen) atoms. The Labute approximate surface area is 146 Å². The molecule has 7 heteroatoms. The normalized spacial score (nSPS) is 11.8. The highest BCUT2D eigenvalue weighted by Gasteiger charge is 2.13. The zero-order valence-corrected chi connectivity index (χ0v) is 14.2. The highest BCUT2D eigenvalue weighted by molar-refractivity contribution is 5.92. The number of rotatable bonds is 6. The summed E-state index contributed by atoms with van der Waals surface area (Å²) >= 11 is 0.